The van der Waals surface area contributed by atoms with Gasteiger partial charge in [-0.1, -0.05) is 6.07 Å². The lowest BCUT2D eigenvalue weighted by Gasteiger charge is -2.32. The molecule has 0 radical (unpaired) electrons. The van der Waals surface area contributed by atoms with Crippen molar-refractivity contribution in [1.82, 2.24) is 4.90 Å². The minimum absolute atomic E-state index is 0.0689. The van der Waals surface area contributed by atoms with E-state index in [0.717, 1.165) is 18.9 Å². The molecule has 2 fully saturated rings. The number of carbonyl (C=O) groups excluding carboxylic acids is 1. The first kappa shape index (κ1) is 12.5. The molecule has 2 unspecified atom stereocenters. The van der Waals surface area contributed by atoms with Crippen molar-refractivity contribution in [1.29, 1.82) is 0 Å². The van der Waals surface area contributed by atoms with Crippen LogP contribution in [0.5, 0.6) is 0 Å². The molecule has 0 bridgehead atoms. The number of nitrogens with zero attached hydrogens (tertiary/aromatic N) is 1. The summed E-state index contributed by atoms with van der Waals surface area (Å²) in [5.41, 5.74) is 0.195. The van der Waals surface area contributed by atoms with Crippen LogP contribution in [-0.4, -0.2) is 23.4 Å². The van der Waals surface area contributed by atoms with Crippen LogP contribution >= 0.6 is 0 Å². The van der Waals surface area contributed by atoms with Crippen LogP contribution in [-0.2, 0) is 4.79 Å². The fraction of sp³-hybridized carbons (Fsp3) is 0.500. The molecule has 1 aromatic rings. The molecule has 0 N–H and O–H groups in total. The molecule has 2 aliphatic rings. The third-order valence-corrected chi connectivity index (χ3v) is 4.22. The molecule has 2 aliphatic heterocycles. The van der Waals surface area contributed by atoms with Gasteiger partial charge in [0.05, 0.1) is 0 Å². The average Bonchev–Trinajstić information content (AvgIpc) is 2.82. The highest BCUT2D eigenvalue weighted by atomic mass is 19.2. The first-order valence-corrected chi connectivity index (χ1v) is 6.52. The first-order chi connectivity index (χ1) is 9.09. The van der Waals surface area contributed by atoms with Gasteiger partial charge in [-0.2, -0.15) is 0 Å². The lowest BCUT2D eigenvalue weighted by atomic mass is 9.87. The number of amides is 1. The van der Waals surface area contributed by atoms with Gasteiger partial charge in [0.2, 0.25) is 5.91 Å². The molecule has 2 nitrogen and oxygen atoms in total. The number of piperidine rings is 1. The number of hydrogen-bond acceptors (Lipinski definition) is 1. The van der Waals surface area contributed by atoms with Gasteiger partial charge in [0.25, 0.3) is 0 Å². The number of hydrogen-bond donors (Lipinski definition) is 0. The van der Waals surface area contributed by atoms with E-state index in [1.165, 1.54) is 6.07 Å². The standard InChI is InChI=1S/C14H14F3NO/c15-10-5-4-9(13(16)14(10)17)8-6-7-18-11(8)2-1-3-12(18)19/h4-5,8,11H,1-3,6-7H2. The van der Waals surface area contributed by atoms with E-state index in [1.807, 2.05) is 0 Å². The molecular formula is C14H14F3NO. The normalized spacial score (nSPS) is 26.7. The Morgan fingerprint density at radius 2 is 1.89 bits per heavy atom. The number of benzene rings is 1. The van der Waals surface area contributed by atoms with Crippen LogP contribution < -0.4 is 0 Å². The number of fused-ring (bicyclic) bond motifs is 1. The van der Waals surface area contributed by atoms with Gasteiger partial charge in [-0.15, -0.1) is 0 Å². The fourth-order valence-corrected chi connectivity index (χ4v) is 3.32. The quantitative estimate of drug-likeness (QED) is 0.718. The Bertz CT molecular complexity index is 532. The Morgan fingerprint density at radius 3 is 2.68 bits per heavy atom. The third-order valence-electron chi connectivity index (χ3n) is 4.22. The van der Waals surface area contributed by atoms with Gasteiger partial charge < -0.3 is 4.90 Å². The smallest absolute Gasteiger partial charge is 0.222 e. The molecule has 2 heterocycles. The van der Waals surface area contributed by atoms with E-state index < -0.39 is 17.5 Å². The highest BCUT2D eigenvalue weighted by Crippen LogP contribution is 2.40. The van der Waals surface area contributed by atoms with Crippen molar-refractivity contribution in [2.75, 3.05) is 6.54 Å². The molecule has 5 heteroatoms. The lowest BCUT2D eigenvalue weighted by Crippen LogP contribution is -2.40. The minimum atomic E-state index is -1.42. The van der Waals surface area contributed by atoms with Gasteiger partial charge in [0.1, 0.15) is 0 Å². The zero-order valence-electron chi connectivity index (χ0n) is 10.3. The van der Waals surface area contributed by atoms with Gasteiger partial charge in [0, 0.05) is 24.9 Å². The maximum atomic E-state index is 13.9. The minimum Gasteiger partial charge on any atom is -0.339 e. The summed E-state index contributed by atoms with van der Waals surface area (Å²) in [6, 6.07) is 2.20. The maximum Gasteiger partial charge on any atom is 0.222 e. The monoisotopic (exact) mass is 269 g/mol. The van der Waals surface area contributed by atoms with Crippen molar-refractivity contribution in [2.45, 2.75) is 37.6 Å². The zero-order valence-corrected chi connectivity index (χ0v) is 10.3. The average molecular weight is 269 g/mol. The van der Waals surface area contributed by atoms with E-state index in [9.17, 15) is 18.0 Å². The fourth-order valence-electron chi connectivity index (χ4n) is 3.32. The highest BCUT2D eigenvalue weighted by molar-refractivity contribution is 5.77. The molecule has 0 aliphatic carbocycles. The Morgan fingerprint density at radius 1 is 1.11 bits per heavy atom. The summed E-state index contributed by atoms with van der Waals surface area (Å²) in [6.45, 7) is 0.576. The number of carbonyl (C=O) groups is 1. The lowest BCUT2D eigenvalue weighted by molar-refractivity contribution is -0.134. The van der Waals surface area contributed by atoms with Crippen molar-refractivity contribution in [3.05, 3.63) is 35.1 Å². The summed E-state index contributed by atoms with van der Waals surface area (Å²) in [4.78, 5) is 13.5. The van der Waals surface area contributed by atoms with Crippen LogP contribution in [0.15, 0.2) is 12.1 Å². The molecule has 1 aromatic carbocycles. The van der Waals surface area contributed by atoms with E-state index in [0.29, 0.717) is 19.4 Å². The molecular weight excluding hydrogens is 255 g/mol. The van der Waals surface area contributed by atoms with E-state index in [1.54, 1.807) is 4.90 Å². The van der Waals surface area contributed by atoms with Crippen molar-refractivity contribution in [3.8, 4) is 0 Å². The first-order valence-electron chi connectivity index (χ1n) is 6.52. The highest BCUT2D eigenvalue weighted by Gasteiger charge is 2.41. The van der Waals surface area contributed by atoms with Gasteiger partial charge in [-0.3, -0.25) is 4.79 Å². The van der Waals surface area contributed by atoms with Crippen molar-refractivity contribution in [3.63, 3.8) is 0 Å². The maximum absolute atomic E-state index is 13.9. The SMILES string of the molecule is O=C1CCCC2C(c3ccc(F)c(F)c3F)CCN12. The van der Waals surface area contributed by atoms with E-state index >= 15 is 0 Å². The van der Waals surface area contributed by atoms with E-state index in [2.05, 4.69) is 0 Å². The Labute approximate surface area is 109 Å². The second-order valence-electron chi connectivity index (χ2n) is 5.21. The predicted octanol–water partition coefficient (Wildman–Crippen LogP) is 2.97. The number of halogens is 3. The largest absolute Gasteiger partial charge is 0.339 e. The number of rotatable bonds is 1. The predicted molar refractivity (Wildman–Crippen MR) is 63.0 cm³/mol. The van der Waals surface area contributed by atoms with E-state index in [4.69, 9.17) is 0 Å². The van der Waals surface area contributed by atoms with Crippen LogP contribution in [0.4, 0.5) is 13.2 Å². The molecule has 0 aromatic heterocycles. The summed E-state index contributed by atoms with van der Waals surface area (Å²) in [5.74, 6) is -3.83. The second-order valence-corrected chi connectivity index (χ2v) is 5.21. The van der Waals surface area contributed by atoms with Crippen molar-refractivity contribution >= 4 is 5.91 Å². The third kappa shape index (κ3) is 1.91. The Kier molecular flexibility index (Phi) is 2.99. The molecule has 2 atom stereocenters. The van der Waals surface area contributed by atoms with Crippen LogP contribution in [0.3, 0.4) is 0 Å². The zero-order chi connectivity index (χ0) is 13.6. The van der Waals surface area contributed by atoms with Gasteiger partial charge in [-0.05, 0) is 30.9 Å². The van der Waals surface area contributed by atoms with Gasteiger partial charge in [-0.25, -0.2) is 13.2 Å². The van der Waals surface area contributed by atoms with Crippen LogP contribution in [0.25, 0.3) is 0 Å². The Hall–Kier alpha value is -1.52. The van der Waals surface area contributed by atoms with Crippen LogP contribution in [0, 0.1) is 17.5 Å². The molecule has 3 rings (SSSR count). The Balaban J connectivity index is 1.95. The van der Waals surface area contributed by atoms with Gasteiger partial charge in [0.15, 0.2) is 17.5 Å². The molecule has 19 heavy (non-hydrogen) atoms. The summed E-state index contributed by atoms with van der Waals surface area (Å²) in [7, 11) is 0. The summed E-state index contributed by atoms with van der Waals surface area (Å²) >= 11 is 0. The molecule has 1 amide bonds. The van der Waals surface area contributed by atoms with Crippen molar-refractivity contribution < 1.29 is 18.0 Å². The summed E-state index contributed by atoms with van der Waals surface area (Å²) in [5, 5.41) is 0. The van der Waals surface area contributed by atoms with Crippen LogP contribution in [0.1, 0.15) is 37.2 Å². The topological polar surface area (TPSA) is 20.3 Å². The molecule has 0 saturated carbocycles. The molecule has 2 saturated heterocycles. The summed E-state index contributed by atoms with van der Waals surface area (Å²) < 4.78 is 40.1. The van der Waals surface area contributed by atoms with Crippen molar-refractivity contribution in [2.24, 2.45) is 0 Å². The molecule has 0 spiro atoms. The van der Waals surface area contributed by atoms with E-state index in [-0.39, 0.29) is 23.4 Å². The summed E-state index contributed by atoms with van der Waals surface area (Å²) in [6.07, 6.45) is 2.72. The van der Waals surface area contributed by atoms with Crippen LogP contribution in [0.2, 0.25) is 0 Å². The van der Waals surface area contributed by atoms with Gasteiger partial charge >= 0.3 is 0 Å². The second kappa shape index (κ2) is 4.54. The molecule has 102 valence electrons.